The Labute approximate surface area is 99.5 Å². The lowest BCUT2D eigenvalue weighted by Crippen LogP contribution is -1.98. The van der Waals surface area contributed by atoms with Crippen LogP contribution in [-0.2, 0) is 0 Å². The molecule has 3 nitrogen and oxygen atoms in total. The van der Waals surface area contributed by atoms with E-state index in [0.29, 0.717) is 5.82 Å². The van der Waals surface area contributed by atoms with Crippen LogP contribution in [0.5, 0.6) is 0 Å². The minimum atomic E-state index is -0.0699. The van der Waals surface area contributed by atoms with Crippen LogP contribution in [0.15, 0.2) is 22.9 Å². The number of aryl methyl sites for hydroxylation is 2. The molecule has 0 radical (unpaired) electrons. The van der Waals surface area contributed by atoms with Gasteiger partial charge in [0.25, 0.3) is 0 Å². The maximum atomic E-state index is 6.02. The number of nitrogens with zero attached hydrogens (tertiary/aromatic N) is 2. The number of aromatic nitrogens is 2. The zero-order valence-corrected chi connectivity index (χ0v) is 10.2. The Morgan fingerprint density at radius 3 is 2.62 bits per heavy atom. The van der Waals surface area contributed by atoms with E-state index in [9.17, 15) is 0 Å². The van der Waals surface area contributed by atoms with Gasteiger partial charge in [0.2, 0.25) is 0 Å². The highest BCUT2D eigenvalue weighted by atomic mass is 35.5. The van der Waals surface area contributed by atoms with Crippen molar-refractivity contribution in [2.75, 3.05) is 0 Å². The monoisotopic (exact) mass is 236 g/mol. The molecule has 0 aliphatic carbocycles. The Hall–Kier alpha value is -1.35. The predicted molar refractivity (Wildman–Crippen MR) is 63.5 cm³/mol. The second-order valence-corrected chi connectivity index (χ2v) is 4.40. The van der Waals surface area contributed by atoms with Crippen LogP contribution in [0.4, 0.5) is 0 Å². The molecule has 2 rings (SSSR count). The summed E-state index contributed by atoms with van der Waals surface area (Å²) in [5, 5.41) is -0.0699. The minimum absolute atomic E-state index is 0.0699. The van der Waals surface area contributed by atoms with Gasteiger partial charge in [-0.05, 0) is 26.8 Å². The third-order valence-electron chi connectivity index (χ3n) is 2.55. The molecule has 0 aromatic carbocycles. The van der Waals surface area contributed by atoms with Gasteiger partial charge in [0.1, 0.15) is 5.76 Å². The fourth-order valence-corrected chi connectivity index (χ4v) is 1.83. The van der Waals surface area contributed by atoms with Crippen LogP contribution in [0.3, 0.4) is 0 Å². The van der Waals surface area contributed by atoms with E-state index in [4.69, 9.17) is 16.0 Å². The fourth-order valence-electron chi connectivity index (χ4n) is 1.61. The van der Waals surface area contributed by atoms with Crippen molar-refractivity contribution in [1.82, 2.24) is 9.97 Å². The van der Waals surface area contributed by atoms with Crippen LogP contribution in [0.1, 0.15) is 29.3 Å². The lowest BCUT2D eigenvalue weighted by molar-refractivity contribution is 0.535. The first-order valence-corrected chi connectivity index (χ1v) is 5.55. The number of hydrogen-bond donors (Lipinski definition) is 0. The summed E-state index contributed by atoms with van der Waals surface area (Å²) in [6.07, 6.45) is 3.42. The zero-order chi connectivity index (χ0) is 11.7. The Kier molecular flexibility index (Phi) is 2.97. The highest BCUT2D eigenvalue weighted by molar-refractivity contribution is 6.20. The van der Waals surface area contributed by atoms with Crippen molar-refractivity contribution in [2.24, 2.45) is 0 Å². The number of hydrogen-bond acceptors (Lipinski definition) is 3. The van der Waals surface area contributed by atoms with Gasteiger partial charge in [-0.25, -0.2) is 9.97 Å². The molecule has 0 fully saturated rings. The number of halogens is 1. The largest absolute Gasteiger partial charge is 0.469 e. The molecule has 0 bridgehead atoms. The summed E-state index contributed by atoms with van der Waals surface area (Å²) in [4.78, 5) is 8.75. The van der Waals surface area contributed by atoms with Gasteiger partial charge in [0, 0.05) is 17.5 Å². The zero-order valence-electron chi connectivity index (χ0n) is 9.49. The molecule has 84 valence electrons. The Morgan fingerprint density at radius 2 is 2.12 bits per heavy atom. The summed E-state index contributed by atoms with van der Waals surface area (Å²) >= 11 is 6.02. The lowest BCUT2D eigenvalue weighted by atomic mass is 10.1. The molecule has 2 aromatic heterocycles. The van der Waals surface area contributed by atoms with E-state index in [2.05, 4.69) is 9.97 Å². The van der Waals surface area contributed by atoms with Crippen molar-refractivity contribution in [2.45, 2.75) is 26.1 Å². The summed E-state index contributed by atoms with van der Waals surface area (Å²) in [6, 6.07) is 1.87. The second-order valence-electron chi connectivity index (χ2n) is 3.74. The van der Waals surface area contributed by atoms with E-state index >= 15 is 0 Å². The van der Waals surface area contributed by atoms with E-state index in [-0.39, 0.29) is 5.38 Å². The number of rotatable bonds is 2. The molecule has 1 unspecified atom stereocenters. The molecule has 0 saturated carbocycles. The van der Waals surface area contributed by atoms with Crippen LogP contribution in [-0.4, -0.2) is 9.97 Å². The lowest BCUT2D eigenvalue weighted by Gasteiger charge is -2.07. The van der Waals surface area contributed by atoms with Gasteiger partial charge in [-0.3, -0.25) is 0 Å². The molecule has 0 aliphatic rings. The smallest absolute Gasteiger partial charge is 0.162 e. The van der Waals surface area contributed by atoms with Crippen molar-refractivity contribution < 1.29 is 4.42 Å². The van der Waals surface area contributed by atoms with E-state index in [0.717, 1.165) is 22.6 Å². The quantitative estimate of drug-likeness (QED) is 0.747. The third-order valence-corrected chi connectivity index (χ3v) is 2.78. The summed E-state index contributed by atoms with van der Waals surface area (Å²) in [7, 11) is 0. The predicted octanol–water partition coefficient (Wildman–Crippen LogP) is 3.65. The van der Waals surface area contributed by atoms with Crippen LogP contribution < -0.4 is 0 Å². The molecule has 0 amide bonds. The average molecular weight is 237 g/mol. The molecular formula is C12H13ClN2O. The number of furan rings is 1. The molecule has 0 spiro atoms. The van der Waals surface area contributed by atoms with Gasteiger partial charge in [-0.15, -0.1) is 11.6 Å². The van der Waals surface area contributed by atoms with Crippen molar-refractivity contribution in [3.05, 3.63) is 35.5 Å². The first-order chi connectivity index (χ1) is 7.59. The maximum Gasteiger partial charge on any atom is 0.162 e. The molecule has 0 aliphatic heterocycles. The van der Waals surface area contributed by atoms with Crippen molar-refractivity contribution in [3.63, 3.8) is 0 Å². The summed E-state index contributed by atoms with van der Waals surface area (Å²) in [5.74, 6) is 1.51. The van der Waals surface area contributed by atoms with Gasteiger partial charge >= 0.3 is 0 Å². The van der Waals surface area contributed by atoms with Crippen LogP contribution >= 0.6 is 11.6 Å². The molecule has 2 heterocycles. The van der Waals surface area contributed by atoms with Crippen LogP contribution in [0.25, 0.3) is 11.4 Å². The molecule has 4 heteroatoms. The molecule has 2 aromatic rings. The Balaban J connectivity index is 2.46. The first kappa shape index (κ1) is 11.1. The first-order valence-electron chi connectivity index (χ1n) is 5.11. The average Bonchev–Trinajstić information content (AvgIpc) is 2.63. The molecular weight excluding hydrogens is 224 g/mol. The van der Waals surface area contributed by atoms with E-state index in [1.54, 1.807) is 12.5 Å². The number of alkyl halides is 1. The van der Waals surface area contributed by atoms with Crippen LogP contribution in [0, 0.1) is 13.8 Å². The van der Waals surface area contributed by atoms with Gasteiger partial charge in [0.15, 0.2) is 5.82 Å². The van der Waals surface area contributed by atoms with Crippen molar-refractivity contribution in [3.8, 4) is 11.4 Å². The highest BCUT2D eigenvalue weighted by Gasteiger charge is 2.11. The SMILES string of the molecule is Cc1nc(-c2ccoc2C)ncc1C(C)Cl. The van der Waals surface area contributed by atoms with Gasteiger partial charge in [-0.2, -0.15) is 0 Å². The highest BCUT2D eigenvalue weighted by Crippen LogP contribution is 2.25. The van der Waals surface area contributed by atoms with E-state index in [1.807, 2.05) is 26.8 Å². The Morgan fingerprint density at radius 1 is 1.38 bits per heavy atom. The standard InChI is InChI=1S/C12H13ClN2O/c1-7(13)11-6-14-12(15-8(11)2)10-4-5-16-9(10)3/h4-7H,1-3H3. The van der Waals surface area contributed by atoms with Crippen molar-refractivity contribution >= 4 is 11.6 Å². The van der Waals surface area contributed by atoms with Crippen molar-refractivity contribution in [1.29, 1.82) is 0 Å². The minimum Gasteiger partial charge on any atom is -0.469 e. The van der Waals surface area contributed by atoms with Crippen LogP contribution in [0.2, 0.25) is 0 Å². The molecule has 1 atom stereocenters. The van der Waals surface area contributed by atoms with E-state index in [1.165, 1.54) is 0 Å². The summed E-state index contributed by atoms with van der Waals surface area (Å²) < 4.78 is 5.23. The Bertz CT molecular complexity index is 505. The third kappa shape index (κ3) is 1.95. The normalized spacial score (nSPS) is 12.8. The summed E-state index contributed by atoms with van der Waals surface area (Å²) in [6.45, 7) is 5.75. The fraction of sp³-hybridized carbons (Fsp3) is 0.333. The molecule has 0 N–H and O–H groups in total. The topological polar surface area (TPSA) is 38.9 Å². The maximum absolute atomic E-state index is 6.02. The second kappa shape index (κ2) is 4.26. The van der Waals surface area contributed by atoms with Gasteiger partial charge < -0.3 is 4.42 Å². The summed E-state index contributed by atoms with van der Waals surface area (Å²) in [5.41, 5.74) is 2.80. The van der Waals surface area contributed by atoms with Gasteiger partial charge in [0.05, 0.1) is 17.2 Å². The molecule has 0 saturated heterocycles. The van der Waals surface area contributed by atoms with E-state index < -0.39 is 0 Å². The van der Waals surface area contributed by atoms with Gasteiger partial charge in [-0.1, -0.05) is 0 Å². The molecule has 16 heavy (non-hydrogen) atoms.